The molecule has 1 aromatic rings. The normalized spacial score (nSPS) is 22.1. The van der Waals surface area contributed by atoms with Crippen molar-refractivity contribution in [2.75, 3.05) is 13.2 Å². The molecule has 0 aromatic heterocycles. The van der Waals surface area contributed by atoms with Crippen molar-refractivity contribution >= 4 is 19.5 Å². The van der Waals surface area contributed by atoms with Crippen molar-refractivity contribution in [1.29, 1.82) is 0 Å². The van der Waals surface area contributed by atoms with Crippen LogP contribution in [0.2, 0.25) is 0 Å². The van der Waals surface area contributed by atoms with Crippen LogP contribution in [0.5, 0.6) is 0 Å². The summed E-state index contributed by atoms with van der Waals surface area (Å²) in [5.74, 6) is 0.000412. The first-order chi connectivity index (χ1) is 11.1. The highest BCUT2D eigenvalue weighted by Gasteiger charge is 2.57. The number of Topliss-reactive ketones (excluding diaryl/α,β-unsaturated/α-hetero) is 1. The molecule has 1 aliphatic rings. The highest BCUT2D eigenvalue weighted by molar-refractivity contribution is 7.57. The molecule has 0 saturated heterocycles. The van der Waals surface area contributed by atoms with Crippen LogP contribution in [0.1, 0.15) is 45.1 Å². The van der Waals surface area contributed by atoms with Crippen molar-refractivity contribution < 1.29 is 18.4 Å². The van der Waals surface area contributed by atoms with Crippen LogP contribution in [0.3, 0.4) is 0 Å². The minimum absolute atomic E-state index is 0.000412. The van der Waals surface area contributed by atoms with Gasteiger partial charge in [-0.05, 0) is 38.7 Å². The number of ketones is 1. The molecule has 2 rings (SSSR count). The monoisotopic (exact) mass is 336 g/mol. The van der Waals surface area contributed by atoms with Gasteiger partial charge in [0.25, 0.3) is 0 Å². The molecular weight excluding hydrogens is 311 g/mol. The third-order valence-electron chi connectivity index (χ3n) is 4.20. The van der Waals surface area contributed by atoms with Gasteiger partial charge in [0, 0.05) is 6.42 Å². The second kappa shape index (κ2) is 8.05. The molecule has 126 valence electrons. The molecule has 5 heteroatoms. The molecule has 1 atom stereocenters. The maximum atomic E-state index is 13.3. The van der Waals surface area contributed by atoms with Crippen molar-refractivity contribution in [3.8, 4) is 0 Å². The van der Waals surface area contributed by atoms with Crippen molar-refractivity contribution in [1.82, 2.24) is 0 Å². The molecule has 1 saturated carbocycles. The van der Waals surface area contributed by atoms with Gasteiger partial charge in [-0.25, -0.2) is 0 Å². The average molecular weight is 336 g/mol. The van der Waals surface area contributed by atoms with Gasteiger partial charge in [0.2, 0.25) is 0 Å². The number of allylic oxidation sites excluding steroid dienone is 1. The van der Waals surface area contributed by atoms with Gasteiger partial charge in [-0.1, -0.05) is 42.5 Å². The molecule has 0 aliphatic heterocycles. The second-order valence-electron chi connectivity index (χ2n) is 5.66. The van der Waals surface area contributed by atoms with Crippen LogP contribution >= 0.6 is 7.60 Å². The van der Waals surface area contributed by atoms with E-state index in [1.165, 1.54) is 0 Å². The Hall–Kier alpha value is -1.22. The van der Waals surface area contributed by atoms with Gasteiger partial charge in [0.15, 0.2) is 5.78 Å². The van der Waals surface area contributed by atoms with E-state index in [1.54, 1.807) is 13.8 Å². The van der Waals surface area contributed by atoms with Crippen LogP contribution in [0.15, 0.2) is 36.4 Å². The van der Waals surface area contributed by atoms with E-state index in [1.807, 2.05) is 42.5 Å². The molecule has 0 bridgehead atoms. The Balaban J connectivity index is 2.27. The zero-order valence-electron chi connectivity index (χ0n) is 13.9. The number of carbonyl (C=O) groups is 1. The lowest BCUT2D eigenvalue weighted by atomic mass is 10.0. The van der Waals surface area contributed by atoms with Gasteiger partial charge in [-0.2, -0.15) is 0 Å². The van der Waals surface area contributed by atoms with Crippen LogP contribution in [0.25, 0.3) is 6.08 Å². The number of carbonyl (C=O) groups excluding carboxylic acids is 1. The van der Waals surface area contributed by atoms with Gasteiger partial charge in [0.1, 0.15) is 5.16 Å². The van der Waals surface area contributed by atoms with Gasteiger partial charge in [-0.3, -0.25) is 9.36 Å². The minimum atomic E-state index is -3.48. The summed E-state index contributed by atoms with van der Waals surface area (Å²) < 4.78 is 24.3. The lowest BCUT2D eigenvalue weighted by Crippen LogP contribution is -2.35. The molecule has 0 spiro atoms. The Morgan fingerprint density at radius 3 is 2.35 bits per heavy atom. The summed E-state index contributed by atoms with van der Waals surface area (Å²) in [5.41, 5.74) is 1.05. The number of hydrogen-bond donors (Lipinski definition) is 0. The van der Waals surface area contributed by atoms with E-state index in [0.29, 0.717) is 19.3 Å². The number of benzene rings is 1. The molecule has 4 nitrogen and oxygen atoms in total. The van der Waals surface area contributed by atoms with Crippen LogP contribution in [-0.2, 0) is 18.4 Å². The SMILES string of the molecule is CCOP(=O)(OCC)C1(C/C=C/c2ccccc2)CCCC1=O. The average Bonchev–Trinajstić information content (AvgIpc) is 2.91. The fourth-order valence-electron chi connectivity index (χ4n) is 3.11. The highest BCUT2D eigenvalue weighted by Crippen LogP contribution is 2.66. The third-order valence-corrected chi connectivity index (χ3v) is 7.10. The molecule has 0 heterocycles. The van der Waals surface area contributed by atoms with E-state index in [9.17, 15) is 9.36 Å². The first-order valence-electron chi connectivity index (χ1n) is 8.22. The maximum absolute atomic E-state index is 13.3. The predicted octanol–water partition coefficient (Wildman–Crippen LogP) is 4.85. The zero-order chi connectivity index (χ0) is 16.8. The summed E-state index contributed by atoms with van der Waals surface area (Å²) in [6, 6.07) is 9.86. The molecule has 1 aliphatic carbocycles. The molecule has 1 aromatic carbocycles. The van der Waals surface area contributed by atoms with E-state index in [4.69, 9.17) is 9.05 Å². The quantitative estimate of drug-likeness (QED) is 0.637. The summed E-state index contributed by atoms with van der Waals surface area (Å²) in [6.07, 6.45) is 6.00. The molecule has 0 amide bonds. The molecule has 23 heavy (non-hydrogen) atoms. The molecular formula is C18H25O4P. The largest absolute Gasteiger partial charge is 0.344 e. The Morgan fingerprint density at radius 1 is 1.17 bits per heavy atom. The summed E-state index contributed by atoms with van der Waals surface area (Å²) in [5, 5.41) is -1.02. The number of hydrogen-bond acceptors (Lipinski definition) is 4. The first kappa shape index (κ1) is 18.1. The molecule has 1 unspecified atom stereocenters. The summed E-state index contributed by atoms with van der Waals surface area (Å²) in [6.45, 7) is 4.10. The minimum Gasteiger partial charge on any atom is -0.308 e. The number of rotatable bonds is 8. The van der Waals surface area contributed by atoms with Gasteiger partial charge < -0.3 is 9.05 Å². The standard InChI is InChI=1S/C18H25O4P/c1-3-21-23(20,22-4-2)18(15-9-13-17(18)19)14-8-12-16-10-6-5-7-11-16/h5-8,10-12H,3-4,9,13-15H2,1-2H3/b12-8+. The highest BCUT2D eigenvalue weighted by atomic mass is 31.2. The zero-order valence-corrected chi connectivity index (χ0v) is 14.8. The van der Waals surface area contributed by atoms with Crippen LogP contribution in [-0.4, -0.2) is 24.2 Å². The predicted molar refractivity (Wildman–Crippen MR) is 92.5 cm³/mol. The molecule has 1 fully saturated rings. The van der Waals surface area contributed by atoms with E-state index < -0.39 is 12.8 Å². The van der Waals surface area contributed by atoms with Crippen LogP contribution in [0.4, 0.5) is 0 Å². The van der Waals surface area contributed by atoms with Crippen LogP contribution < -0.4 is 0 Å². The van der Waals surface area contributed by atoms with E-state index in [2.05, 4.69) is 0 Å². The Morgan fingerprint density at radius 2 is 1.83 bits per heavy atom. The molecule has 0 N–H and O–H groups in total. The smallest absolute Gasteiger partial charge is 0.308 e. The van der Waals surface area contributed by atoms with Crippen molar-refractivity contribution in [3.05, 3.63) is 42.0 Å². The lowest BCUT2D eigenvalue weighted by molar-refractivity contribution is -0.120. The summed E-state index contributed by atoms with van der Waals surface area (Å²) in [4.78, 5) is 12.6. The van der Waals surface area contributed by atoms with Crippen molar-refractivity contribution in [2.24, 2.45) is 0 Å². The molecule has 0 radical (unpaired) electrons. The Kier molecular flexibility index (Phi) is 6.34. The van der Waals surface area contributed by atoms with E-state index >= 15 is 0 Å². The lowest BCUT2D eigenvalue weighted by Gasteiger charge is -2.33. The second-order valence-corrected chi connectivity index (χ2v) is 8.03. The summed E-state index contributed by atoms with van der Waals surface area (Å²) in [7, 11) is -3.48. The van der Waals surface area contributed by atoms with Gasteiger partial charge >= 0.3 is 7.60 Å². The first-order valence-corrected chi connectivity index (χ1v) is 9.76. The van der Waals surface area contributed by atoms with Gasteiger partial charge in [0.05, 0.1) is 13.2 Å². The van der Waals surface area contributed by atoms with Gasteiger partial charge in [-0.15, -0.1) is 0 Å². The van der Waals surface area contributed by atoms with Crippen molar-refractivity contribution in [3.63, 3.8) is 0 Å². The van der Waals surface area contributed by atoms with E-state index in [0.717, 1.165) is 12.0 Å². The van der Waals surface area contributed by atoms with Crippen molar-refractivity contribution in [2.45, 2.75) is 44.7 Å². The van der Waals surface area contributed by atoms with Crippen LogP contribution in [0, 0.1) is 0 Å². The van der Waals surface area contributed by atoms with E-state index in [-0.39, 0.29) is 19.0 Å². The maximum Gasteiger partial charge on any atom is 0.344 e. The fourth-order valence-corrected chi connectivity index (χ4v) is 5.54. The third kappa shape index (κ3) is 3.82. The Labute approximate surface area is 138 Å². The Bertz CT molecular complexity index is 586. The summed E-state index contributed by atoms with van der Waals surface area (Å²) >= 11 is 0. The topological polar surface area (TPSA) is 52.6 Å². The fraction of sp³-hybridized carbons (Fsp3) is 0.500.